The van der Waals surface area contributed by atoms with Gasteiger partial charge in [-0.1, -0.05) is 5.16 Å². The molecule has 4 rings (SSSR count). The highest BCUT2D eigenvalue weighted by Gasteiger charge is 2.29. The summed E-state index contributed by atoms with van der Waals surface area (Å²) < 4.78 is 10.8. The Kier molecular flexibility index (Phi) is 2.79. The van der Waals surface area contributed by atoms with Crippen LogP contribution in [0.2, 0.25) is 0 Å². The Hall–Kier alpha value is -2.63. The van der Waals surface area contributed by atoms with E-state index < -0.39 is 0 Å². The van der Waals surface area contributed by atoms with Gasteiger partial charge in [0.1, 0.15) is 17.7 Å². The van der Waals surface area contributed by atoms with E-state index in [4.69, 9.17) is 8.94 Å². The van der Waals surface area contributed by atoms with Crippen molar-refractivity contribution in [2.75, 3.05) is 14.1 Å². The topological polar surface area (TPSA) is 72.4 Å². The second-order valence-corrected chi connectivity index (χ2v) is 5.79. The fourth-order valence-corrected chi connectivity index (χ4v) is 2.43. The summed E-state index contributed by atoms with van der Waals surface area (Å²) in [5.74, 6) is 1.14. The second-order valence-electron chi connectivity index (χ2n) is 5.79. The Balaban J connectivity index is 1.79. The number of hydrogen-bond acceptors (Lipinski definition) is 5. The molecule has 0 spiro atoms. The first-order chi connectivity index (χ1) is 10.6. The van der Waals surface area contributed by atoms with E-state index in [2.05, 4.69) is 10.1 Å². The predicted octanol–water partition coefficient (Wildman–Crippen LogP) is 3.06. The van der Waals surface area contributed by atoms with Crippen molar-refractivity contribution in [2.45, 2.75) is 18.8 Å². The lowest BCUT2D eigenvalue weighted by molar-refractivity contribution is 0.0828. The zero-order valence-electron chi connectivity index (χ0n) is 12.4. The highest BCUT2D eigenvalue weighted by Crippen LogP contribution is 2.40. The Morgan fingerprint density at radius 3 is 2.86 bits per heavy atom. The summed E-state index contributed by atoms with van der Waals surface area (Å²) in [5.41, 5.74) is 2.48. The van der Waals surface area contributed by atoms with E-state index >= 15 is 0 Å². The Morgan fingerprint density at radius 1 is 1.32 bits per heavy atom. The fraction of sp³-hybridized carbons (Fsp3) is 0.312. The first-order valence-electron chi connectivity index (χ1n) is 7.20. The van der Waals surface area contributed by atoms with E-state index in [9.17, 15) is 4.79 Å². The van der Waals surface area contributed by atoms with E-state index in [0.717, 1.165) is 24.1 Å². The van der Waals surface area contributed by atoms with Crippen molar-refractivity contribution in [2.24, 2.45) is 0 Å². The van der Waals surface area contributed by atoms with E-state index in [1.54, 1.807) is 38.6 Å². The molecule has 0 unspecified atom stereocenters. The standard InChI is InChI=1S/C16H15N3O3/c1-19(2)16(20)10-5-6-13-11(7-10)14(18-22-13)12-8-21-15(17-12)9-3-4-9/h5-9H,3-4H2,1-2H3. The number of benzene rings is 1. The number of fused-ring (bicyclic) bond motifs is 1. The molecular weight excluding hydrogens is 282 g/mol. The second kappa shape index (κ2) is 4.69. The van der Waals surface area contributed by atoms with Gasteiger partial charge in [0.05, 0.1) is 5.39 Å². The van der Waals surface area contributed by atoms with Gasteiger partial charge >= 0.3 is 0 Å². The Morgan fingerprint density at radius 2 is 2.14 bits per heavy atom. The molecule has 6 nitrogen and oxygen atoms in total. The van der Waals surface area contributed by atoms with Crippen molar-refractivity contribution in [1.29, 1.82) is 0 Å². The van der Waals surface area contributed by atoms with Crippen LogP contribution in [0.5, 0.6) is 0 Å². The zero-order chi connectivity index (χ0) is 15.3. The van der Waals surface area contributed by atoms with Crippen LogP contribution < -0.4 is 0 Å². The van der Waals surface area contributed by atoms with Crippen LogP contribution in [-0.4, -0.2) is 35.0 Å². The van der Waals surface area contributed by atoms with Gasteiger partial charge in [0, 0.05) is 25.6 Å². The smallest absolute Gasteiger partial charge is 0.253 e. The molecule has 2 heterocycles. The molecule has 2 aromatic heterocycles. The average molecular weight is 297 g/mol. The highest BCUT2D eigenvalue weighted by atomic mass is 16.5. The summed E-state index contributed by atoms with van der Waals surface area (Å²) in [6.45, 7) is 0. The molecule has 0 radical (unpaired) electrons. The molecule has 1 amide bonds. The molecule has 0 bridgehead atoms. The number of carbonyl (C=O) groups excluding carboxylic acids is 1. The first-order valence-corrected chi connectivity index (χ1v) is 7.20. The molecule has 1 saturated carbocycles. The fourth-order valence-electron chi connectivity index (χ4n) is 2.43. The zero-order valence-corrected chi connectivity index (χ0v) is 12.4. The van der Waals surface area contributed by atoms with E-state index in [0.29, 0.717) is 28.5 Å². The van der Waals surface area contributed by atoms with Crippen molar-refractivity contribution in [3.05, 3.63) is 35.9 Å². The number of rotatable bonds is 3. The number of nitrogens with zero attached hydrogens (tertiary/aromatic N) is 3. The Labute approximate surface area is 126 Å². The van der Waals surface area contributed by atoms with Crippen LogP contribution in [0.1, 0.15) is 35.0 Å². The summed E-state index contributed by atoms with van der Waals surface area (Å²) in [5, 5.41) is 4.85. The molecule has 0 aliphatic heterocycles. The molecule has 112 valence electrons. The third-order valence-corrected chi connectivity index (χ3v) is 3.81. The quantitative estimate of drug-likeness (QED) is 0.743. The molecule has 1 aliphatic carbocycles. The van der Waals surface area contributed by atoms with Gasteiger partial charge in [-0.05, 0) is 31.0 Å². The van der Waals surface area contributed by atoms with Gasteiger partial charge in [-0.3, -0.25) is 4.79 Å². The van der Waals surface area contributed by atoms with Gasteiger partial charge in [-0.2, -0.15) is 0 Å². The molecule has 1 fully saturated rings. The number of oxazole rings is 1. The van der Waals surface area contributed by atoms with Crippen LogP contribution in [0.3, 0.4) is 0 Å². The molecule has 6 heteroatoms. The first kappa shape index (κ1) is 13.1. The van der Waals surface area contributed by atoms with Gasteiger partial charge in [-0.25, -0.2) is 4.98 Å². The van der Waals surface area contributed by atoms with Crippen molar-refractivity contribution in [3.8, 4) is 11.4 Å². The maximum atomic E-state index is 12.1. The van der Waals surface area contributed by atoms with Crippen LogP contribution in [0, 0.1) is 0 Å². The van der Waals surface area contributed by atoms with Gasteiger partial charge in [0.15, 0.2) is 11.5 Å². The summed E-state index contributed by atoms with van der Waals surface area (Å²) >= 11 is 0. The predicted molar refractivity (Wildman–Crippen MR) is 79.5 cm³/mol. The minimum absolute atomic E-state index is 0.0622. The average Bonchev–Trinajstić information content (AvgIpc) is 3.10. The lowest BCUT2D eigenvalue weighted by Gasteiger charge is -2.09. The third kappa shape index (κ3) is 2.07. The summed E-state index contributed by atoms with van der Waals surface area (Å²) in [7, 11) is 3.45. The maximum Gasteiger partial charge on any atom is 0.253 e. The third-order valence-electron chi connectivity index (χ3n) is 3.81. The van der Waals surface area contributed by atoms with Crippen LogP contribution in [0.4, 0.5) is 0 Å². The van der Waals surface area contributed by atoms with Gasteiger partial charge in [0.25, 0.3) is 5.91 Å². The maximum absolute atomic E-state index is 12.1. The van der Waals surface area contributed by atoms with Gasteiger partial charge < -0.3 is 13.8 Å². The number of hydrogen-bond donors (Lipinski definition) is 0. The summed E-state index contributed by atoms with van der Waals surface area (Å²) in [6.07, 6.45) is 3.85. The van der Waals surface area contributed by atoms with E-state index in [1.807, 2.05) is 0 Å². The minimum Gasteiger partial charge on any atom is -0.448 e. The number of amides is 1. The van der Waals surface area contributed by atoms with Crippen LogP contribution in [0.15, 0.2) is 33.4 Å². The molecule has 0 saturated heterocycles. The van der Waals surface area contributed by atoms with E-state index in [1.165, 1.54) is 4.90 Å². The SMILES string of the molecule is CN(C)C(=O)c1ccc2onc(-c3coc(C4CC4)n3)c2c1. The molecule has 1 aliphatic rings. The summed E-state index contributed by atoms with van der Waals surface area (Å²) in [4.78, 5) is 18.1. The van der Waals surface area contributed by atoms with Crippen LogP contribution in [-0.2, 0) is 0 Å². The lowest BCUT2D eigenvalue weighted by Crippen LogP contribution is -2.21. The van der Waals surface area contributed by atoms with Crippen molar-refractivity contribution in [3.63, 3.8) is 0 Å². The summed E-state index contributed by atoms with van der Waals surface area (Å²) in [6, 6.07) is 5.28. The highest BCUT2D eigenvalue weighted by molar-refractivity contribution is 6.00. The van der Waals surface area contributed by atoms with Crippen molar-refractivity contribution in [1.82, 2.24) is 15.0 Å². The molecular formula is C16H15N3O3. The van der Waals surface area contributed by atoms with Crippen LogP contribution in [0.25, 0.3) is 22.4 Å². The molecule has 22 heavy (non-hydrogen) atoms. The normalized spacial score (nSPS) is 14.5. The van der Waals surface area contributed by atoms with E-state index in [-0.39, 0.29) is 5.91 Å². The van der Waals surface area contributed by atoms with Crippen molar-refractivity contribution >= 4 is 16.9 Å². The number of aromatic nitrogens is 2. The molecule has 3 aromatic rings. The molecule has 0 atom stereocenters. The molecule has 1 aromatic carbocycles. The molecule has 0 N–H and O–H groups in total. The van der Waals surface area contributed by atoms with Crippen molar-refractivity contribution < 1.29 is 13.7 Å². The van der Waals surface area contributed by atoms with Gasteiger partial charge in [-0.15, -0.1) is 0 Å². The largest absolute Gasteiger partial charge is 0.448 e. The Bertz CT molecular complexity index is 859. The minimum atomic E-state index is -0.0622. The lowest BCUT2D eigenvalue weighted by atomic mass is 10.1. The van der Waals surface area contributed by atoms with Gasteiger partial charge in [0.2, 0.25) is 0 Å². The number of carbonyl (C=O) groups is 1. The van der Waals surface area contributed by atoms with Crippen LogP contribution >= 0.6 is 0 Å². The monoisotopic (exact) mass is 297 g/mol.